The number of sulfonamides is 1. The lowest BCUT2D eigenvalue weighted by atomic mass is 10.1. The third kappa shape index (κ3) is 4.90. The number of furan rings is 1. The number of hydrogen-bond donors (Lipinski definition) is 2. The summed E-state index contributed by atoms with van der Waals surface area (Å²) in [7, 11) is -3.89. The molecule has 34 heavy (non-hydrogen) atoms. The molecule has 2 N–H and O–H groups in total. The van der Waals surface area contributed by atoms with Crippen LogP contribution in [0.5, 0.6) is 0 Å². The SMILES string of the molecule is CCOC(=O)c1oc2ccccc2c1NC(=O)c1cccc(NS(=O)(=O)c2ccc(Cl)cc2)c1. The number of hydrogen-bond acceptors (Lipinski definition) is 6. The second-order valence-corrected chi connectivity index (χ2v) is 9.24. The lowest BCUT2D eigenvalue weighted by Crippen LogP contribution is -2.16. The van der Waals surface area contributed by atoms with E-state index in [0.717, 1.165) is 0 Å². The molecule has 1 aromatic heterocycles. The van der Waals surface area contributed by atoms with E-state index in [4.69, 9.17) is 20.8 Å². The van der Waals surface area contributed by atoms with Crippen molar-refractivity contribution in [3.8, 4) is 0 Å². The van der Waals surface area contributed by atoms with Crippen molar-refractivity contribution in [1.29, 1.82) is 0 Å². The fourth-order valence-electron chi connectivity index (χ4n) is 3.25. The maximum absolute atomic E-state index is 13.0. The van der Waals surface area contributed by atoms with Crippen molar-refractivity contribution >= 4 is 55.8 Å². The van der Waals surface area contributed by atoms with Crippen molar-refractivity contribution in [3.63, 3.8) is 0 Å². The number of para-hydroxylation sites is 1. The number of nitrogens with one attached hydrogen (secondary N) is 2. The highest BCUT2D eigenvalue weighted by Gasteiger charge is 2.24. The molecule has 0 aliphatic carbocycles. The Hall–Kier alpha value is -3.82. The van der Waals surface area contributed by atoms with Crippen LogP contribution in [-0.2, 0) is 14.8 Å². The van der Waals surface area contributed by atoms with Gasteiger partial charge in [0.1, 0.15) is 11.3 Å². The molecule has 0 unspecified atom stereocenters. The van der Waals surface area contributed by atoms with Crippen LogP contribution in [-0.4, -0.2) is 26.9 Å². The second-order valence-electron chi connectivity index (χ2n) is 7.12. The smallest absolute Gasteiger partial charge is 0.376 e. The fraction of sp³-hybridized carbons (Fsp3) is 0.0833. The van der Waals surface area contributed by atoms with E-state index in [1.807, 2.05) is 0 Å². The van der Waals surface area contributed by atoms with Gasteiger partial charge in [-0.1, -0.05) is 29.8 Å². The molecule has 0 radical (unpaired) electrons. The maximum atomic E-state index is 13.0. The largest absolute Gasteiger partial charge is 0.460 e. The number of ether oxygens (including phenoxy) is 1. The van der Waals surface area contributed by atoms with E-state index >= 15 is 0 Å². The molecule has 0 saturated carbocycles. The zero-order valence-corrected chi connectivity index (χ0v) is 19.4. The number of benzene rings is 3. The first-order valence-corrected chi connectivity index (χ1v) is 12.0. The highest BCUT2D eigenvalue weighted by atomic mass is 35.5. The minimum atomic E-state index is -3.89. The average Bonchev–Trinajstić information content (AvgIpc) is 3.18. The van der Waals surface area contributed by atoms with Gasteiger partial charge in [-0.25, -0.2) is 13.2 Å². The van der Waals surface area contributed by atoms with Crippen LogP contribution in [0.25, 0.3) is 11.0 Å². The van der Waals surface area contributed by atoms with Crippen LogP contribution in [0.1, 0.15) is 27.8 Å². The molecule has 0 saturated heterocycles. The third-order valence-electron chi connectivity index (χ3n) is 4.80. The van der Waals surface area contributed by atoms with Gasteiger partial charge in [-0.05, 0) is 61.5 Å². The first kappa shape index (κ1) is 23.3. The number of rotatable bonds is 7. The van der Waals surface area contributed by atoms with E-state index in [2.05, 4.69) is 10.0 Å². The molecule has 0 atom stereocenters. The van der Waals surface area contributed by atoms with Crippen LogP contribution in [0.15, 0.2) is 82.1 Å². The standard InChI is InChI=1S/C24H19ClN2O6S/c1-2-32-24(29)22-21(19-8-3-4-9-20(19)33-22)26-23(28)15-6-5-7-17(14-15)27-34(30,31)18-12-10-16(25)11-13-18/h3-14,27H,2H2,1H3,(H,26,28). The maximum Gasteiger partial charge on any atom is 0.376 e. The molecule has 1 heterocycles. The van der Waals surface area contributed by atoms with Gasteiger partial charge in [0.15, 0.2) is 0 Å². The highest BCUT2D eigenvalue weighted by Crippen LogP contribution is 2.32. The van der Waals surface area contributed by atoms with Crippen LogP contribution in [0.4, 0.5) is 11.4 Å². The number of carbonyl (C=O) groups is 2. The molecule has 4 rings (SSSR count). The van der Waals surface area contributed by atoms with Gasteiger partial charge in [0, 0.05) is 21.7 Å². The van der Waals surface area contributed by atoms with Crippen LogP contribution in [0.2, 0.25) is 5.02 Å². The summed E-state index contributed by atoms with van der Waals surface area (Å²) in [4.78, 5) is 25.4. The molecule has 4 aromatic rings. The molecular formula is C24H19ClN2O6S. The summed E-state index contributed by atoms with van der Waals surface area (Å²) < 4.78 is 38.4. The van der Waals surface area contributed by atoms with Gasteiger partial charge in [0.05, 0.1) is 11.5 Å². The van der Waals surface area contributed by atoms with Gasteiger partial charge in [0.25, 0.3) is 15.9 Å². The highest BCUT2D eigenvalue weighted by molar-refractivity contribution is 7.92. The summed E-state index contributed by atoms with van der Waals surface area (Å²) in [6.07, 6.45) is 0. The Bertz CT molecular complexity index is 1480. The van der Waals surface area contributed by atoms with E-state index < -0.39 is 21.9 Å². The lowest BCUT2D eigenvalue weighted by molar-refractivity contribution is 0.0494. The number of esters is 1. The Morgan fingerprint density at radius 2 is 1.74 bits per heavy atom. The molecule has 8 nitrogen and oxygen atoms in total. The lowest BCUT2D eigenvalue weighted by Gasteiger charge is -2.10. The quantitative estimate of drug-likeness (QED) is 0.333. The molecule has 0 aliphatic heterocycles. The van der Waals surface area contributed by atoms with Gasteiger partial charge < -0.3 is 14.5 Å². The summed E-state index contributed by atoms with van der Waals surface area (Å²) in [6.45, 7) is 1.80. The number of carbonyl (C=O) groups excluding carboxylic acids is 2. The molecule has 1 amide bonds. The number of anilines is 2. The van der Waals surface area contributed by atoms with Crippen molar-refractivity contribution in [1.82, 2.24) is 0 Å². The van der Waals surface area contributed by atoms with E-state index in [0.29, 0.717) is 16.0 Å². The summed E-state index contributed by atoms with van der Waals surface area (Å²) in [6, 6.07) is 18.5. The molecule has 10 heteroatoms. The Kier molecular flexibility index (Phi) is 6.58. The molecule has 174 valence electrons. The average molecular weight is 499 g/mol. The van der Waals surface area contributed by atoms with Gasteiger partial charge in [-0.15, -0.1) is 0 Å². The molecule has 0 spiro atoms. The van der Waals surface area contributed by atoms with Crippen molar-refractivity contribution in [3.05, 3.63) is 89.1 Å². The van der Waals surface area contributed by atoms with Crippen molar-refractivity contribution < 1.29 is 27.2 Å². The number of fused-ring (bicyclic) bond motifs is 1. The van der Waals surface area contributed by atoms with Gasteiger partial charge in [-0.3, -0.25) is 9.52 Å². The van der Waals surface area contributed by atoms with E-state index in [9.17, 15) is 18.0 Å². The zero-order valence-electron chi connectivity index (χ0n) is 17.9. The summed E-state index contributed by atoms with van der Waals surface area (Å²) >= 11 is 5.83. The molecule has 0 fully saturated rings. The summed E-state index contributed by atoms with van der Waals surface area (Å²) in [5, 5.41) is 3.63. The van der Waals surface area contributed by atoms with Crippen molar-refractivity contribution in [2.75, 3.05) is 16.6 Å². The zero-order chi connectivity index (χ0) is 24.3. The van der Waals surface area contributed by atoms with Crippen molar-refractivity contribution in [2.24, 2.45) is 0 Å². The molecule has 3 aromatic carbocycles. The Labute approximate surface area is 200 Å². The number of amides is 1. The first-order chi connectivity index (χ1) is 16.3. The normalized spacial score (nSPS) is 11.2. The minimum Gasteiger partial charge on any atom is -0.460 e. The van der Waals surface area contributed by atoms with Gasteiger partial charge in [0.2, 0.25) is 5.76 Å². The van der Waals surface area contributed by atoms with E-state index in [1.165, 1.54) is 48.5 Å². The predicted molar refractivity (Wildman–Crippen MR) is 129 cm³/mol. The Morgan fingerprint density at radius 3 is 2.47 bits per heavy atom. The van der Waals surface area contributed by atoms with E-state index in [-0.39, 0.29) is 34.2 Å². The van der Waals surface area contributed by atoms with Crippen LogP contribution >= 0.6 is 11.6 Å². The summed E-state index contributed by atoms with van der Waals surface area (Å²) in [5.41, 5.74) is 0.929. The molecular weight excluding hydrogens is 480 g/mol. The Morgan fingerprint density at radius 1 is 1.00 bits per heavy atom. The van der Waals surface area contributed by atoms with Crippen molar-refractivity contribution in [2.45, 2.75) is 11.8 Å². The minimum absolute atomic E-state index is 0.0238. The third-order valence-corrected chi connectivity index (χ3v) is 6.44. The number of halogens is 1. The first-order valence-electron chi connectivity index (χ1n) is 10.2. The second kappa shape index (κ2) is 9.58. The monoisotopic (exact) mass is 498 g/mol. The van der Waals surface area contributed by atoms with Gasteiger partial charge in [-0.2, -0.15) is 0 Å². The van der Waals surface area contributed by atoms with Gasteiger partial charge >= 0.3 is 5.97 Å². The van der Waals surface area contributed by atoms with Crippen LogP contribution in [0, 0.1) is 0 Å². The van der Waals surface area contributed by atoms with Crippen LogP contribution < -0.4 is 10.0 Å². The Balaban J connectivity index is 1.61. The fourth-order valence-corrected chi connectivity index (χ4v) is 4.42. The van der Waals surface area contributed by atoms with E-state index in [1.54, 1.807) is 31.2 Å². The predicted octanol–water partition coefficient (Wildman–Crippen LogP) is 5.32. The van der Waals surface area contributed by atoms with Crippen LogP contribution in [0.3, 0.4) is 0 Å². The molecule has 0 bridgehead atoms. The summed E-state index contributed by atoms with van der Waals surface area (Å²) in [5.74, 6) is -1.40. The molecule has 0 aliphatic rings. The topological polar surface area (TPSA) is 115 Å².